The van der Waals surface area contributed by atoms with E-state index in [-0.39, 0.29) is 10.6 Å². The molecular formula is C16H18N2O2. The lowest BCUT2D eigenvalue weighted by Crippen LogP contribution is -1.92. The van der Waals surface area contributed by atoms with Crippen molar-refractivity contribution in [1.29, 1.82) is 0 Å². The molecule has 2 rings (SSSR count). The van der Waals surface area contributed by atoms with E-state index in [4.69, 9.17) is 5.73 Å². The fraction of sp³-hybridized carbons (Fsp3) is 0.250. The second-order valence-electron chi connectivity index (χ2n) is 4.87. The fourth-order valence-corrected chi connectivity index (χ4v) is 2.13. The van der Waals surface area contributed by atoms with Gasteiger partial charge in [0, 0.05) is 17.8 Å². The van der Waals surface area contributed by atoms with Crippen molar-refractivity contribution < 1.29 is 4.92 Å². The number of nitrogens with two attached hydrogens (primary N) is 1. The summed E-state index contributed by atoms with van der Waals surface area (Å²) in [6.07, 6.45) is 4.16. The molecule has 104 valence electrons. The Balaban J connectivity index is 1.75. The number of nitro benzene ring substituents is 1. The number of nitro groups is 1. The molecule has 0 aliphatic carbocycles. The highest BCUT2D eigenvalue weighted by Crippen LogP contribution is 2.15. The molecule has 2 aromatic rings. The minimum Gasteiger partial charge on any atom is -0.399 e. The van der Waals surface area contributed by atoms with Crippen LogP contribution in [0.25, 0.3) is 0 Å². The number of anilines is 1. The lowest BCUT2D eigenvalue weighted by atomic mass is 10.0. The molecular weight excluding hydrogens is 252 g/mol. The first-order valence-corrected chi connectivity index (χ1v) is 6.73. The molecule has 0 fully saturated rings. The number of rotatable bonds is 6. The zero-order valence-electron chi connectivity index (χ0n) is 11.3. The summed E-state index contributed by atoms with van der Waals surface area (Å²) in [6, 6.07) is 14.8. The maximum Gasteiger partial charge on any atom is 0.269 e. The number of hydrogen-bond acceptors (Lipinski definition) is 3. The van der Waals surface area contributed by atoms with Crippen molar-refractivity contribution >= 4 is 11.4 Å². The number of unbranched alkanes of at least 4 members (excludes halogenated alkanes) is 1. The number of aryl methyl sites for hydroxylation is 2. The molecule has 0 heterocycles. The minimum atomic E-state index is -0.370. The standard InChI is InChI=1S/C16H18N2O2/c17-15-9-5-13(6-10-15)3-1-2-4-14-7-11-16(12-8-14)18(19)20/h5-12H,1-4,17H2. The van der Waals surface area contributed by atoms with Gasteiger partial charge in [-0.25, -0.2) is 0 Å². The second-order valence-corrected chi connectivity index (χ2v) is 4.87. The van der Waals surface area contributed by atoms with E-state index in [2.05, 4.69) is 12.1 Å². The molecule has 0 saturated heterocycles. The average Bonchev–Trinajstić information content (AvgIpc) is 2.46. The molecule has 0 radical (unpaired) electrons. The summed E-state index contributed by atoms with van der Waals surface area (Å²) in [5, 5.41) is 10.6. The molecule has 0 aliphatic heterocycles. The van der Waals surface area contributed by atoms with Crippen LogP contribution in [0.1, 0.15) is 24.0 Å². The summed E-state index contributed by atoms with van der Waals surface area (Å²) in [6.45, 7) is 0. The molecule has 2 aromatic carbocycles. The van der Waals surface area contributed by atoms with Gasteiger partial charge in [-0.1, -0.05) is 24.3 Å². The number of nitrogen functional groups attached to an aromatic ring is 1. The Labute approximate surface area is 118 Å². The average molecular weight is 270 g/mol. The van der Waals surface area contributed by atoms with E-state index >= 15 is 0 Å². The SMILES string of the molecule is Nc1ccc(CCCCc2ccc([N+](=O)[O-])cc2)cc1. The highest BCUT2D eigenvalue weighted by molar-refractivity contribution is 5.39. The van der Waals surface area contributed by atoms with Crippen molar-refractivity contribution in [3.05, 3.63) is 69.8 Å². The van der Waals surface area contributed by atoms with Crippen LogP contribution < -0.4 is 5.73 Å². The summed E-state index contributed by atoms with van der Waals surface area (Å²) in [5.41, 5.74) is 9.02. The van der Waals surface area contributed by atoms with Gasteiger partial charge in [0.2, 0.25) is 0 Å². The molecule has 0 atom stereocenters. The lowest BCUT2D eigenvalue weighted by Gasteiger charge is -2.03. The van der Waals surface area contributed by atoms with E-state index in [1.54, 1.807) is 12.1 Å². The molecule has 0 aliphatic rings. The fourth-order valence-electron chi connectivity index (χ4n) is 2.13. The van der Waals surface area contributed by atoms with Crippen molar-refractivity contribution in [2.24, 2.45) is 0 Å². The van der Waals surface area contributed by atoms with Gasteiger partial charge in [0.25, 0.3) is 5.69 Å². The lowest BCUT2D eigenvalue weighted by molar-refractivity contribution is -0.384. The first-order valence-electron chi connectivity index (χ1n) is 6.73. The van der Waals surface area contributed by atoms with Gasteiger partial charge >= 0.3 is 0 Å². The molecule has 0 aromatic heterocycles. The number of hydrogen-bond donors (Lipinski definition) is 1. The van der Waals surface area contributed by atoms with Gasteiger partial charge in [0.05, 0.1) is 4.92 Å². The molecule has 0 saturated carbocycles. The van der Waals surface area contributed by atoms with Crippen LogP contribution in [0.3, 0.4) is 0 Å². The van der Waals surface area contributed by atoms with Gasteiger partial charge in [-0.3, -0.25) is 10.1 Å². The smallest absolute Gasteiger partial charge is 0.269 e. The van der Waals surface area contributed by atoms with Crippen molar-refractivity contribution in [2.45, 2.75) is 25.7 Å². The Bertz CT molecular complexity index is 562. The van der Waals surface area contributed by atoms with Crippen molar-refractivity contribution in [3.8, 4) is 0 Å². The summed E-state index contributed by atoms with van der Waals surface area (Å²) in [4.78, 5) is 10.2. The van der Waals surface area contributed by atoms with Gasteiger partial charge < -0.3 is 5.73 Å². The van der Waals surface area contributed by atoms with Gasteiger partial charge in [-0.05, 0) is 48.9 Å². The molecule has 0 bridgehead atoms. The third kappa shape index (κ3) is 4.09. The summed E-state index contributed by atoms with van der Waals surface area (Å²) < 4.78 is 0. The number of non-ortho nitro benzene ring substituents is 1. The first kappa shape index (κ1) is 14.1. The van der Waals surface area contributed by atoms with Crippen molar-refractivity contribution in [1.82, 2.24) is 0 Å². The quantitative estimate of drug-likeness (QED) is 0.376. The molecule has 0 spiro atoms. The molecule has 4 nitrogen and oxygen atoms in total. The zero-order valence-corrected chi connectivity index (χ0v) is 11.3. The van der Waals surface area contributed by atoms with E-state index in [1.807, 2.05) is 24.3 Å². The highest BCUT2D eigenvalue weighted by atomic mass is 16.6. The van der Waals surface area contributed by atoms with E-state index < -0.39 is 0 Å². The molecule has 4 heteroatoms. The normalized spacial score (nSPS) is 10.4. The minimum absolute atomic E-state index is 0.149. The predicted octanol–water partition coefficient (Wildman–Crippen LogP) is 3.74. The van der Waals surface area contributed by atoms with Crippen LogP contribution in [-0.2, 0) is 12.8 Å². The van der Waals surface area contributed by atoms with E-state index in [0.29, 0.717) is 0 Å². The Kier molecular flexibility index (Phi) is 4.71. The summed E-state index contributed by atoms with van der Waals surface area (Å²) in [5.74, 6) is 0. The molecule has 0 amide bonds. The van der Waals surface area contributed by atoms with Crippen molar-refractivity contribution in [2.75, 3.05) is 5.73 Å². The Morgan fingerprint density at radius 2 is 1.30 bits per heavy atom. The van der Waals surface area contributed by atoms with Crippen molar-refractivity contribution in [3.63, 3.8) is 0 Å². The maximum absolute atomic E-state index is 10.6. The van der Waals surface area contributed by atoms with Gasteiger partial charge in [0.1, 0.15) is 0 Å². The van der Waals surface area contributed by atoms with E-state index in [0.717, 1.165) is 36.9 Å². The Morgan fingerprint density at radius 1 is 0.850 bits per heavy atom. The largest absolute Gasteiger partial charge is 0.399 e. The van der Waals surface area contributed by atoms with Gasteiger partial charge in [0.15, 0.2) is 0 Å². The monoisotopic (exact) mass is 270 g/mol. The second kappa shape index (κ2) is 6.70. The molecule has 2 N–H and O–H groups in total. The highest BCUT2D eigenvalue weighted by Gasteiger charge is 2.03. The van der Waals surface area contributed by atoms with E-state index in [1.165, 1.54) is 5.56 Å². The Hall–Kier alpha value is -2.36. The van der Waals surface area contributed by atoms with Crippen LogP contribution in [0.5, 0.6) is 0 Å². The van der Waals surface area contributed by atoms with Crippen LogP contribution in [-0.4, -0.2) is 4.92 Å². The summed E-state index contributed by atoms with van der Waals surface area (Å²) >= 11 is 0. The molecule has 20 heavy (non-hydrogen) atoms. The third-order valence-electron chi connectivity index (χ3n) is 3.31. The molecule has 0 unspecified atom stereocenters. The zero-order chi connectivity index (χ0) is 14.4. The number of benzene rings is 2. The third-order valence-corrected chi connectivity index (χ3v) is 3.31. The van der Waals surface area contributed by atoms with Gasteiger partial charge in [-0.2, -0.15) is 0 Å². The van der Waals surface area contributed by atoms with Crippen LogP contribution in [0.4, 0.5) is 11.4 Å². The topological polar surface area (TPSA) is 69.2 Å². The Morgan fingerprint density at radius 3 is 1.75 bits per heavy atom. The van der Waals surface area contributed by atoms with Gasteiger partial charge in [-0.15, -0.1) is 0 Å². The van der Waals surface area contributed by atoms with E-state index in [9.17, 15) is 10.1 Å². The maximum atomic E-state index is 10.6. The van der Waals surface area contributed by atoms with Crippen LogP contribution in [0.15, 0.2) is 48.5 Å². The van der Waals surface area contributed by atoms with Crippen LogP contribution >= 0.6 is 0 Å². The van der Waals surface area contributed by atoms with Crippen LogP contribution in [0.2, 0.25) is 0 Å². The number of nitrogens with zero attached hydrogens (tertiary/aromatic N) is 1. The predicted molar refractivity (Wildman–Crippen MR) is 80.6 cm³/mol. The van der Waals surface area contributed by atoms with Crippen LogP contribution in [0, 0.1) is 10.1 Å². The first-order chi connectivity index (χ1) is 9.65. The summed E-state index contributed by atoms with van der Waals surface area (Å²) in [7, 11) is 0.